The van der Waals surface area contributed by atoms with E-state index in [2.05, 4.69) is 15.1 Å². The van der Waals surface area contributed by atoms with Gasteiger partial charge in [-0.15, -0.1) is 24.8 Å². The van der Waals surface area contributed by atoms with E-state index in [-0.39, 0.29) is 37.5 Å². The van der Waals surface area contributed by atoms with Crippen LogP contribution in [0, 0.1) is 0 Å². The Morgan fingerprint density at radius 1 is 1.21 bits per heavy atom. The van der Waals surface area contributed by atoms with Gasteiger partial charge in [0.15, 0.2) is 11.5 Å². The van der Waals surface area contributed by atoms with Gasteiger partial charge in [-0.05, 0) is 6.07 Å². The summed E-state index contributed by atoms with van der Waals surface area (Å²) in [5.41, 5.74) is 0.441. The van der Waals surface area contributed by atoms with Crippen molar-refractivity contribution in [2.45, 2.75) is 6.04 Å². The van der Waals surface area contributed by atoms with Gasteiger partial charge in [0.1, 0.15) is 0 Å². The van der Waals surface area contributed by atoms with Crippen LogP contribution in [-0.4, -0.2) is 67.8 Å². The monoisotopic (exact) mass is 395 g/mol. The zero-order valence-corrected chi connectivity index (χ0v) is 15.4. The van der Waals surface area contributed by atoms with E-state index in [0.29, 0.717) is 34.7 Å². The lowest BCUT2D eigenvalue weighted by molar-refractivity contribution is 0.0138. The van der Waals surface area contributed by atoms with Crippen molar-refractivity contribution in [2.24, 2.45) is 0 Å². The Balaban J connectivity index is 0.00000104. The van der Waals surface area contributed by atoms with Gasteiger partial charge < -0.3 is 14.8 Å². The van der Waals surface area contributed by atoms with Crippen LogP contribution in [0.25, 0.3) is 0 Å². The van der Waals surface area contributed by atoms with Crippen molar-refractivity contribution >= 4 is 42.3 Å². The fourth-order valence-corrected chi connectivity index (χ4v) is 3.58. The standard InChI is InChI=1S/C15H18ClN3O3.2ClH/c16-10-5-12(14-13(6-10)21-9-22-14)15(20)17-7-11-8-18-1-3-19(11)4-2-18;;/h5-6,11H,1-4,7-9H2,(H,17,20);2*1H. The number of hydrogen-bond donors (Lipinski definition) is 1. The molecule has 1 unspecified atom stereocenters. The number of halogens is 3. The molecule has 0 radical (unpaired) electrons. The number of rotatable bonds is 3. The molecule has 1 atom stereocenters. The summed E-state index contributed by atoms with van der Waals surface area (Å²) in [6.07, 6.45) is 0. The van der Waals surface area contributed by atoms with Gasteiger partial charge >= 0.3 is 0 Å². The molecule has 0 spiro atoms. The molecule has 1 aromatic rings. The average Bonchev–Trinajstić information content (AvgIpc) is 3.01. The molecule has 3 fully saturated rings. The predicted octanol–water partition coefficient (Wildman–Crippen LogP) is 1.64. The van der Waals surface area contributed by atoms with Crippen molar-refractivity contribution in [1.82, 2.24) is 15.1 Å². The van der Waals surface area contributed by atoms with Crippen molar-refractivity contribution in [2.75, 3.05) is 46.1 Å². The summed E-state index contributed by atoms with van der Waals surface area (Å²) in [5, 5.41) is 3.48. The fraction of sp³-hybridized carbons (Fsp3) is 0.533. The van der Waals surface area contributed by atoms with Crippen LogP contribution in [0.2, 0.25) is 5.02 Å². The Hall–Kier alpha value is -0.920. The molecule has 4 aliphatic heterocycles. The summed E-state index contributed by atoms with van der Waals surface area (Å²) in [5.74, 6) is 0.849. The summed E-state index contributed by atoms with van der Waals surface area (Å²) < 4.78 is 10.7. The summed E-state index contributed by atoms with van der Waals surface area (Å²) in [6.45, 7) is 6.23. The van der Waals surface area contributed by atoms with Gasteiger partial charge in [0.2, 0.25) is 6.79 Å². The fourth-order valence-electron chi connectivity index (χ4n) is 3.37. The van der Waals surface area contributed by atoms with Gasteiger partial charge in [-0.3, -0.25) is 14.6 Å². The highest BCUT2D eigenvalue weighted by Crippen LogP contribution is 2.38. The van der Waals surface area contributed by atoms with E-state index < -0.39 is 0 Å². The van der Waals surface area contributed by atoms with E-state index in [4.69, 9.17) is 21.1 Å². The SMILES string of the molecule is Cl.Cl.O=C(NCC1CN2CCN1CC2)c1cc(Cl)cc2c1OCO2. The molecule has 24 heavy (non-hydrogen) atoms. The molecule has 0 aliphatic carbocycles. The molecule has 4 aliphatic rings. The lowest BCUT2D eigenvalue weighted by Crippen LogP contribution is -2.63. The molecular formula is C15H20Cl3N3O3. The average molecular weight is 397 g/mol. The highest BCUT2D eigenvalue weighted by Gasteiger charge is 2.32. The minimum Gasteiger partial charge on any atom is -0.454 e. The van der Waals surface area contributed by atoms with E-state index >= 15 is 0 Å². The third kappa shape index (κ3) is 3.68. The number of fused-ring (bicyclic) bond motifs is 4. The van der Waals surface area contributed by atoms with Crippen LogP contribution in [0.4, 0.5) is 0 Å². The minimum absolute atomic E-state index is 0. The Morgan fingerprint density at radius 2 is 1.96 bits per heavy atom. The number of nitrogens with zero attached hydrogens (tertiary/aromatic N) is 2. The first-order chi connectivity index (χ1) is 10.7. The second-order valence-electron chi connectivity index (χ2n) is 5.89. The first-order valence-corrected chi connectivity index (χ1v) is 7.92. The quantitative estimate of drug-likeness (QED) is 0.842. The van der Waals surface area contributed by atoms with Crippen molar-refractivity contribution < 1.29 is 14.3 Å². The van der Waals surface area contributed by atoms with Crippen LogP contribution in [0.5, 0.6) is 11.5 Å². The zero-order chi connectivity index (χ0) is 15.1. The molecule has 9 heteroatoms. The summed E-state index contributed by atoms with van der Waals surface area (Å²) >= 11 is 6.04. The number of piperazine rings is 3. The van der Waals surface area contributed by atoms with Crippen LogP contribution >= 0.6 is 36.4 Å². The molecule has 6 nitrogen and oxygen atoms in total. The largest absolute Gasteiger partial charge is 0.454 e. The van der Waals surface area contributed by atoms with Gasteiger partial charge in [-0.1, -0.05) is 11.6 Å². The van der Waals surface area contributed by atoms with Crippen molar-refractivity contribution in [1.29, 1.82) is 0 Å². The first-order valence-electron chi connectivity index (χ1n) is 7.54. The summed E-state index contributed by atoms with van der Waals surface area (Å²) in [6, 6.07) is 3.68. The lowest BCUT2D eigenvalue weighted by Gasteiger charge is -2.47. The second-order valence-corrected chi connectivity index (χ2v) is 6.32. The molecule has 134 valence electrons. The second kappa shape index (κ2) is 7.97. The number of carbonyl (C=O) groups excluding carboxylic acids is 1. The number of ether oxygens (including phenoxy) is 2. The smallest absolute Gasteiger partial charge is 0.255 e. The van der Waals surface area contributed by atoms with Gasteiger partial charge in [-0.2, -0.15) is 0 Å². The third-order valence-corrected chi connectivity index (χ3v) is 4.79. The maximum Gasteiger partial charge on any atom is 0.255 e. The van der Waals surface area contributed by atoms with Gasteiger partial charge in [-0.25, -0.2) is 0 Å². The van der Waals surface area contributed by atoms with Crippen LogP contribution in [0.3, 0.4) is 0 Å². The van der Waals surface area contributed by atoms with Gasteiger partial charge in [0.05, 0.1) is 5.56 Å². The normalized spacial score (nSPS) is 26.3. The van der Waals surface area contributed by atoms with Gasteiger partial charge in [0.25, 0.3) is 5.91 Å². The minimum atomic E-state index is -0.165. The number of nitrogens with one attached hydrogen (secondary N) is 1. The van der Waals surface area contributed by atoms with Gasteiger partial charge in [0, 0.05) is 56.4 Å². The molecule has 0 saturated carbocycles. The molecule has 1 aromatic carbocycles. The molecule has 1 N–H and O–H groups in total. The van der Waals surface area contributed by atoms with Crippen LogP contribution in [0.15, 0.2) is 12.1 Å². The number of benzene rings is 1. The van der Waals surface area contributed by atoms with Crippen LogP contribution in [-0.2, 0) is 0 Å². The predicted molar refractivity (Wildman–Crippen MR) is 96.2 cm³/mol. The van der Waals surface area contributed by atoms with Crippen molar-refractivity contribution in [3.8, 4) is 11.5 Å². The number of hydrogen-bond acceptors (Lipinski definition) is 5. The van der Waals surface area contributed by atoms with E-state index in [9.17, 15) is 4.79 Å². The number of amides is 1. The third-order valence-electron chi connectivity index (χ3n) is 4.57. The maximum absolute atomic E-state index is 12.5. The zero-order valence-electron chi connectivity index (χ0n) is 13.0. The maximum atomic E-state index is 12.5. The van der Waals surface area contributed by atoms with Crippen molar-refractivity contribution in [3.05, 3.63) is 22.7 Å². The Bertz CT molecular complexity index is 609. The van der Waals surface area contributed by atoms with Crippen LogP contribution < -0.4 is 14.8 Å². The number of carbonyl (C=O) groups is 1. The molecule has 2 bridgehead atoms. The van der Waals surface area contributed by atoms with E-state index in [1.54, 1.807) is 12.1 Å². The molecule has 5 rings (SSSR count). The highest BCUT2D eigenvalue weighted by molar-refractivity contribution is 6.31. The Morgan fingerprint density at radius 3 is 2.62 bits per heavy atom. The summed E-state index contributed by atoms with van der Waals surface area (Å²) in [7, 11) is 0. The topological polar surface area (TPSA) is 54.0 Å². The van der Waals surface area contributed by atoms with Crippen molar-refractivity contribution in [3.63, 3.8) is 0 Å². The molecule has 4 heterocycles. The molecule has 3 saturated heterocycles. The Labute approximate surface area is 158 Å². The molecular weight excluding hydrogens is 377 g/mol. The van der Waals surface area contributed by atoms with E-state index in [1.165, 1.54) is 0 Å². The Kier molecular flexibility index (Phi) is 6.45. The molecule has 1 amide bonds. The molecule has 0 aromatic heterocycles. The highest BCUT2D eigenvalue weighted by atomic mass is 35.5. The van der Waals surface area contributed by atoms with E-state index in [0.717, 1.165) is 32.7 Å². The lowest BCUT2D eigenvalue weighted by atomic mass is 10.1. The first kappa shape index (κ1) is 19.4. The summed E-state index contributed by atoms with van der Waals surface area (Å²) in [4.78, 5) is 17.4. The van der Waals surface area contributed by atoms with Crippen LogP contribution in [0.1, 0.15) is 10.4 Å². The van der Waals surface area contributed by atoms with E-state index in [1.807, 2.05) is 0 Å².